The van der Waals surface area contributed by atoms with Crippen LogP contribution in [0.25, 0.3) is 50.3 Å². The van der Waals surface area contributed by atoms with Crippen LogP contribution in [0.3, 0.4) is 0 Å². The quantitative estimate of drug-likeness (QED) is 0.216. The van der Waals surface area contributed by atoms with Gasteiger partial charge in [0.25, 0.3) is 0 Å². The maximum Gasteiger partial charge on any atom is 0.199 e. The number of aromatic nitrogens is 5. The molecule has 0 atom stereocenters. The zero-order valence-corrected chi connectivity index (χ0v) is 23.7. The molecular formula is C39H25N5. The van der Waals surface area contributed by atoms with Gasteiger partial charge in [-0.15, -0.1) is 0 Å². The summed E-state index contributed by atoms with van der Waals surface area (Å²) in [5, 5.41) is 2.45. The van der Waals surface area contributed by atoms with Crippen molar-refractivity contribution in [3.8, 4) is 28.5 Å². The molecule has 0 aliphatic carbocycles. The number of benzene rings is 6. The highest BCUT2D eigenvalue weighted by molar-refractivity contribution is 5.98. The van der Waals surface area contributed by atoms with E-state index >= 15 is 0 Å². The van der Waals surface area contributed by atoms with Crippen LogP contribution in [0.1, 0.15) is 22.3 Å². The van der Waals surface area contributed by atoms with Crippen LogP contribution in [0.4, 0.5) is 0 Å². The molecule has 0 amide bonds. The van der Waals surface area contributed by atoms with Crippen molar-refractivity contribution < 1.29 is 0 Å². The second-order valence-electron chi connectivity index (χ2n) is 11.1. The Morgan fingerprint density at radius 2 is 1.25 bits per heavy atom. The Bertz CT molecular complexity index is 2280. The van der Waals surface area contributed by atoms with Crippen LogP contribution >= 0.6 is 0 Å². The molecule has 206 valence electrons. The summed E-state index contributed by atoms with van der Waals surface area (Å²) in [6.45, 7) is 0. The molecule has 0 bridgehead atoms. The second-order valence-corrected chi connectivity index (χ2v) is 11.1. The number of para-hydroxylation sites is 1. The zero-order chi connectivity index (χ0) is 29.1. The molecule has 0 saturated carbocycles. The summed E-state index contributed by atoms with van der Waals surface area (Å²) < 4.78 is 2.24. The first kappa shape index (κ1) is 24.6. The van der Waals surface area contributed by atoms with Crippen molar-refractivity contribution in [1.29, 1.82) is 0 Å². The van der Waals surface area contributed by atoms with Crippen LogP contribution in [0.5, 0.6) is 0 Å². The second kappa shape index (κ2) is 9.54. The molecular weight excluding hydrogens is 538 g/mol. The van der Waals surface area contributed by atoms with E-state index in [1.807, 2.05) is 0 Å². The lowest BCUT2D eigenvalue weighted by Gasteiger charge is -2.41. The van der Waals surface area contributed by atoms with Crippen molar-refractivity contribution in [2.75, 3.05) is 0 Å². The van der Waals surface area contributed by atoms with E-state index in [0.29, 0.717) is 11.6 Å². The van der Waals surface area contributed by atoms with E-state index in [4.69, 9.17) is 4.98 Å². The van der Waals surface area contributed by atoms with Crippen LogP contribution in [0.2, 0.25) is 0 Å². The molecule has 9 rings (SSSR count). The zero-order valence-electron chi connectivity index (χ0n) is 23.7. The van der Waals surface area contributed by atoms with Crippen LogP contribution in [0, 0.1) is 0 Å². The lowest BCUT2D eigenvalue weighted by molar-refractivity contribution is 0.725. The fourth-order valence-electron chi connectivity index (χ4n) is 7.15. The summed E-state index contributed by atoms with van der Waals surface area (Å²) in [7, 11) is 0. The van der Waals surface area contributed by atoms with E-state index in [2.05, 4.69) is 159 Å². The minimum absolute atomic E-state index is 0.540. The Labute approximate surface area is 254 Å². The molecule has 2 aromatic heterocycles. The molecule has 1 aliphatic heterocycles. The minimum Gasteiger partial charge on any atom is -0.289 e. The highest BCUT2D eigenvalue weighted by Gasteiger charge is 2.45. The number of fused-ring (bicyclic) bond motifs is 3. The summed E-state index contributed by atoms with van der Waals surface area (Å²) in [5.74, 6) is 1.24. The third-order valence-corrected chi connectivity index (χ3v) is 8.93. The largest absolute Gasteiger partial charge is 0.289 e. The predicted molar refractivity (Wildman–Crippen MR) is 175 cm³/mol. The van der Waals surface area contributed by atoms with Crippen molar-refractivity contribution >= 4 is 21.8 Å². The van der Waals surface area contributed by atoms with Gasteiger partial charge >= 0.3 is 0 Å². The van der Waals surface area contributed by atoms with Gasteiger partial charge in [-0.25, -0.2) is 19.9 Å². The number of nitrogens with zero attached hydrogens (tertiary/aromatic N) is 5. The van der Waals surface area contributed by atoms with E-state index in [0.717, 1.165) is 22.3 Å². The average molecular weight is 564 g/mol. The minimum atomic E-state index is -0.607. The maximum absolute atomic E-state index is 5.14. The van der Waals surface area contributed by atoms with Gasteiger partial charge in [0.05, 0.1) is 22.1 Å². The summed E-state index contributed by atoms with van der Waals surface area (Å²) >= 11 is 0. The van der Waals surface area contributed by atoms with Gasteiger partial charge in [0, 0.05) is 0 Å². The van der Waals surface area contributed by atoms with Gasteiger partial charge in [-0.1, -0.05) is 121 Å². The van der Waals surface area contributed by atoms with Crippen LogP contribution in [-0.2, 0) is 5.41 Å². The first-order valence-corrected chi connectivity index (χ1v) is 14.7. The first-order valence-electron chi connectivity index (χ1n) is 14.7. The molecule has 5 nitrogen and oxygen atoms in total. The summed E-state index contributed by atoms with van der Waals surface area (Å²) in [5.41, 5.74) is 9.51. The van der Waals surface area contributed by atoms with E-state index in [1.54, 1.807) is 0 Å². The van der Waals surface area contributed by atoms with Gasteiger partial charge < -0.3 is 0 Å². The fourth-order valence-corrected chi connectivity index (χ4v) is 7.15. The highest BCUT2D eigenvalue weighted by Crippen LogP contribution is 2.54. The predicted octanol–water partition coefficient (Wildman–Crippen LogP) is 8.39. The maximum atomic E-state index is 5.14. The van der Waals surface area contributed by atoms with Crippen LogP contribution in [-0.4, -0.2) is 24.5 Å². The number of hydrogen-bond acceptors (Lipinski definition) is 4. The van der Waals surface area contributed by atoms with E-state index in [-0.39, 0.29) is 0 Å². The lowest BCUT2D eigenvalue weighted by Crippen LogP contribution is -2.35. The Balaban J connectivity index is 1.47. The molecule has 1 aliphatic rings. The third-order valence-electron chi connectivity index (χ3n) is 8.93. The van der Waals surface area contributed by atoms with Gasteiger partial charge in [0.1, 0.15) is 12.7 Å². The van der Waals surface area contributed by atoms with Crippen LogP contribution < -0.4 is 0 Å². The van der Waals surface area contributed by atoms with E-state index in [1.165, 1.54) is 51.2 Å². The third kappa shape index (κ3) is 3.41. The molecule has 5 heteroatoms. The van der Waals surface area contributed by atoms with Crippen LogP contribution in [0.15, 0.2) is 152 Å². The lowest BCUT2D eigenvalue weighted by atomic mass is 9.63. The molecule has 8 aromatic rings. The monoisotopic (exact) mass is 563 g/mol. The van der Waals surface area contributed by atoms with Crippen molar-refractivity contribution in [2.45, 2.75) is 5.41 Å². The molecule has 0 spiro atoms. The molecule has 0 unspecified atom stereocenters. The Morgan fingerprint density at radius 1 is 0.568 bits per heavy atom. The Kier molecular flexibility index (Phi) is 5.34. The first-order chi connectivity index (χ1) is 21.8. The molecule has 0 N–H and O–H groups in total. The molecule has 0 radical (unpaired) electrons. The fraction of sp³-hybridized carbons (Fsp3) is 0.0256. The number of hydrogen-bond donors (Lipinski definition) is 0. The average Bonchev–Trinajstić information content (AvgIpc) is 3.50. The van der Waals surface area contributed by atoms with Crippen molar-refractivity contribution in [2.24, 2.45) is 0 Å². The van der Waals surface area contributed by atoms with Crippen molar-refractivity contribution in [3.63, 3.8) is 0 Å². The molecule has 44 heavy (non-hydrogen) atoms. The molecule has 0 fully saturated rings. The van der Waals surface area contributed by atoms with Crippen molar-refractivity contribution in [3.05, 3.63) is 174 Å². The molecule has 0 saturated heterocycles. The van der Waals surface area contributed by atoms with Gasteiger partial charge in [0.15, 0.2) is 11.6 Å². The molecule has 3 heterocycles. The van der Waals surface area contributed by atoms with Gasteiger partial charge in [-0.3, -0.25) is 4.57 Å². The summed E-state index contributed by atoms with van der Waals surface area (Å²) in [6.07, 6.45) is 3.06. The van der Waals surface area contributed by atoms with E-state index in [9.17, 15) is 0 Å². The number of imidazole rings is 1. The Morgan fingerprint density at radius 3 is 2.02 bits per heavy atom. The standard InChI is InChI=1S/C39H25N5/c1-3-13-28(14-4-1)39(29-15-5-2-6-16-29)32-19-10-20-34-36(32)44(38(43-34)37-41-24-40-25-42-37)35-22-21-27(23-33(35)39)31-18-9-12-26-11-7-8-17-30(26)31/h1-25H. The Hall–Kier alpha value is -5.94. The smallest absolute Gasteiger partial charge is 0.199 e. The van der Waals surface area contributed by atoms with Gasteiger partial charge in [-0.05, 0) is 62.4 Å². The SMILES string of the molecule is c1ccc(C2(c3ccccc3)c3cc(-c4cccc5ccccc45)ccc3-n3c(-c4ncncn4)nc4cccc2c43)cc1. The van der Waals surface area contributed by atoms with Gasteiger partial charge in [0.2, 0.25) is 0 Å². The summed E-state index contributed by atoms with van der Waals surface area (Å²) in [6, 6.07) is 50.2. The van der Waals surface area contributed by atoms with Crippen molar-refractivity contribution in [1.82, 2.24) is 24.5 Å². The highest BCUT2D eigenvalue weighted by atomic mass is 15.1. The van der Waals surface area contributed by atoms with E-state index < -0.39 is 5.41 Å². The topological polar surface area (TPSA) is 56.5 Å². The summed E-state index contributed by atoms with van der Waals surface area (Å²) in [4.78, 5) is 18.3. The number of rotatable bonds is 4. The van der Waals surface area contributed by atoms with Gasteiger partial charge in [-0.2, -0.15) is 0 Å². The normalized spacial score (nSPS) is 13.2. The molecule has 6 aromatic carbocycles.